The Labute approximate surface area is 337 Å². The van der Waals surface area contributed by atoms with Crippen LogP contribution in [-0.4, -0.2) is 24.9 Å². The molecule has 0 aliphatic heterocycles. The van der Waals surface area contributed by atoms with E-state index >= 15 is 0 Å². The second kappa shape index (κ2) is 15.3. The van der Waals surface area contributed by atoms with Gasteiger partial charge in [0.15, 0.2) is 5.82 Å². The van der Waals surface area contributed by atoms with Crippen molar-refractivity contribution in [2.24, 2.45) is 0 Å². The highest BCUT2D eigenvalue weighted by atomic mass is 14.9. The van der Waals surface area contributed by atoms with Crippen molar-refractivity contribution < 1.29 is 0 Å². The molecule has 0 fully saturated rings. The molecule has 0 amide bonds. The van der Waals surface area contributed by atoms with Crippen LogP contribution in [0.1, 0.15) is 0 Å². The van der Waals surface area contributed by atoms with Crippen LogP contribution in [0.4, 0.5) is 0 Å². The van der Waals surface area contributed by atoms with E-state index in [1.165, 1.54) is 0 Å². The van der Waals surface area contributed by atoms with Crippen LogP contribution in [0.3, 0.4) is 0 Å². The molecule has 6 aromatic carbocycles. The molecule has 5 nitrogen and oxygen atoms in total. The summed E-state index contributed by atoms with van der Waals surface area (Å²) in [5.41, 5.74) is 14.6. The molecule has 5 heteroatoms. The molecule has 10 rings (SSSR count). The van der Waals surface area contributed by atoms with Gasteiger partial charge in [0, 0.05) is 40.0 Å². The molecule has 272 valence electrons. The van der Waals surface area contributed by atoms with Gasteiger partial charge in [-0.3, -0.25) is 9.97 Å². The Morgan fingerprint density at radius 3 is 1.24 bits per heavy atom. The molecule has 0 unspecified atom stereocenters. The maximum Gasteiger partial charge on any atom is 0.160 e. The van der Waals surface area contributed by atoms with E-state index in [9.17, 15) is 0 Å². The molecule has 4 aromatic heterocycles. The zero-order chi connectivity index (χ0) is 38.7. The van der Waals surface area contributed by atoms with Gasteiger partial charge in [0.2, 0.25) is 0 Å². The third-order valence-corrected chi connectivity index (χ3v) is 10.4. The first kappa shape index (κ1) is 34.6. The molecule has 0 atom stereocenters. The van der Waals surface area contributed by atoms with Crippen molar-refractivity contribution in [1.82, 2.24) is 24.9 Å². The third-order valence-electron chi connectivity index (χ3n) is 10.4. The van der Waals surface area contributed by atoms with Crippen LogP contribution in [-0.2, 0) is 0 Å². The second-order valence-corrected chi connectivity index (χ2v) is 14.2. The van der Waals surface area contributed by atoms with E-state index < -0.39 is 0 Å². The maximum absolute atomic E-state index is 5.08. The molecule has 4 heterocycles. The van der Waals surface area contributed by atoms with Gasteiger partial charge < -0.3 is 0 Å². The van der Waals surface area contributed by atoms with Crippen LogP contribution >= 0.6 is 0 Å². The van der Waals surface area contributed by atoms with Gasteiger partial charge in [0.1, 0.15) is 0 Å². The minimum absolute atomic E-state index is 0.696. The predicted octanol–water partition coefficient (Wildman–Crippen LogP) is 13.2. The van der Waals surface area contributed by atoms with Crippen molar-refractivity contribution in [2.45, 2.75) is 0 Å². The van der Waals surface area contributed by atoms with Crippen LogP contribution in [0.5, 0.6) is 0 Å². The van der Waals surface area contributed by atoms with Gasteiger partial charge in [0.25, 0.3) is 0 Å². The van der Waals surface area contributed by atoms with E-state index in [1.54, 1.807) is 0 Å². The highest BCUT2D eigenvalue weighted by molar-refractivity contribution is 5.86. The van der Waals surface area contributed by atoms with Crippen molar-refractivity contribution in [3.8, 4) is 90.1 Å². The van der Waals surface area contributed by atoms with E-state index in [1.807, 2.05) is 67.0 Å². The average Bonchev–Trinajstić information content (AvgIpc) is 3.32. The molecule has 0 aliphatic rings. The molecule has 0 N–H and O–H groups in total. The number of hydrogen-bond acceptors (Lipinski definition) is 5. The Kier molecular flexibility index (Phi) is 9.14. The fourth-order valence-corrected chi connectivity index (χ4v) is 7.29. The quantitative estimate of drug-likeness (QED) is 0.155. The lowest BCUT2D eigenvalue weighted by Gasteiger charge is -2.11. The van der Waals surface area contributed by atoms with Gasteiger partial charge >= 0.3 is 0 Å². The smallest absolute Gasteiger partial charge is 0.160 e. The summed E-state index contributed by atoms with van der Waals surface area (Å²) >= 11 is 0. The monoisotopic (exact) mass is 741 g/mol. The summed E-state index contributed by atoms with van der Waals surface area (Å²) in [6.45, 7) is 0. The number of rotatable bonds is 8. The summed E-state index contributed by atoms with van der Waals surface area (Å²) in [5, 5.41) is 2.23. The SMILES string of the molecule is c1ccc(-c2cc(-c3ccc(-c4ccc(-c5ccc(-c6nc(-c7ccccc7)cc(-c7ccccc7)n6)cc5)cc4)cn3)nc(-c3cc4ccccc4cn3)c2)cc1. The number of fused-ring (bicyclic) bond motifs is 1. The molecule has 0 saturated heterocycles. The van der Waals surface area contributed by atoms with Gasteiger partial charge in [0.05, 0.1) is 34.2 Å². The summed E-state index contributed by atoms with van der Waals surface area (Å²) < 4.78 is 0. The van der Waals surface area contributed by atoms with Gasteiger partial charge in [-0.1, -0.05) is 170 Å². The van der Waals surface area contributed by atoms with E-state index in [-0.39, 0.29) is 0 Å². The molecule has 10 aromatic rings. The number of nitrogens with zero attached hydrogens (tertiary/aromatic N) is 5. The maximum atomic E-state index is 5.08. The second-order valence-electron chi connectivity index (χ2n) is 14.2. The van der Waals surface area contributed by atoms with Gasteiger partial charge in [-0.2, -0.15) is 0 Å². The Morgan fingerprint density at radius 1 is 0.224 bits per heavy atom. The lowest BCUT2D eigenvalue weighted by atomic mass is 9.99. The zero-order valence-corrected chi connectivity index (χ0v) is 31.4. The molecule has 0 radical (unpaired) electrons. The Hall–Kier alpha value is -7.89. The standard InChI is InChI=1S/C53H35N5/c1-4-12-36(13-5-1)46-31-51(56-52(32-46)50-30-43-18-10-11-19-44(43)34-55-50)47-29-28-45(35-54-47)39-22-20-37(21-23-39)38-24-26-42(27-25-38)53-57-48(40-14-6-2-7-15-40)33-49(58-53)41-16-8-3-9-17-41/h1-35H. The molecule has 0 spiro atoms. The molecule has 58 heavy (non-hydrogen) atoms. The van der Waals surface area contributed by atoms with Crippen LogP contribution < -0.4 is 0 Å². The first-order chi connectivity index (χ1) is 28.7. The van der Waals surface area contributed by atoms with E-state index in [0.717, 1.165) is 95.0 Å². The summed E-state index contributed by atoms with van der Waals surface area (Å²) in [6.07, 6.45) is 3.84. The first-order valence-corrected chi connectivity index (χ1v) is 19.3. The molecular formula is C53H35N5. The Balaban J connectivity index is 0.913. The average molecular weight is 742 g/mol. The molecule has 0 saturated carbocycles. The Morgan fingerprint density at radius 2 is 0.672 bits per heavy atom. The van der Waals surface area contributed by atoms with E-state index in [4.69, 9.17) is 24.9 Å². The van der Waals surface area contributed by atoms with Crippen molar-refractivity contribution in [2.75, 3.05) is 0 Å². The molecular weight excluding hydrogens is 707 g/mol. The van der Waals surface area contributed by atoms with Crippen LogP contribution in [0.2, 0.25) is 0 Å². The lowest BCUT2D eigenvalue weighted by Crippen LogP contribution is -1.95. The summed E-state index contributed by atoms with van der Waals surface area (Å²) in [5.74, 6) is 0.696. The number of pyridine rings is 3. The zero-order valence-electron chi connectivity index (χ0n) is 31.4. The summed E-state index contributed by atoms with van der Waals surface area (Å²) in [4.78, 5) is 24.8. The first-order valence-electron chi connectivity index (χ1n) is 19.3. The van der Waals surface area contributed by atoms with Crippen molar-refractivity contribution in [3.63, 3.8) is 0 Å². The molecule has 0 bridgehead atoms. The normalized spacial score (nSPS) is 11.1. The van der Waals surface area contributed by atoms with Gasteiger partial charge in [-0.25, -0.2) is 15.0 Å². The highest BCUT2D eigenvalue weighted by Gasteiger charge is 2.14. The number of hydrogen-bond donors (Lipinski definition) is 0. The van der Waals surface area contributed by atoms with E-state index in [0.29, 0.717) is 5.82 Å². The minimum Gasteiger partial charge on any atom is -0.254 e. The fourth-order valence-electron chi connectivity index (χ4n) is 7.29. The summed E-state index contributed by atoms with van der Waals surface area (Å²) in [6, 6.07) is 68.8. The van der Waals surface area contributed by atoms with Gasteiger partial charge in [-0.15, -0.1) is 0 Å². The largest absolute Gasteiger partial charge is 0.254 e. The fraction of sp³-hybridized carbons (Fsp3) is 0. The van der Waals surface area contributed by atoms with E-state index in [2.05, 4.69) is 146 Å². The van der Waals surface area contributed by atoms with Crippen molar-refractivity contribution in [1.29, 1.82) is 0 Å². The van der Waals surface area contributed by atoms with Crippen LogP contribution in [0.15, 0.2) is 213 Å². The Bertz CT molecular complexity index is 2950. The minimum atomic E-state index is 0.696. The summed E-state index contributed by atoms with van der Waals surface area (Å²) in [7, 11) is 0. The molecule has 0 aliphatic carbocycles. The van der Waals surface area contributed by atoms with Crippen molar-refractivity contribution >= 4 is 10.8 Å². The van der Waals surface area contributed by atoms with Crippen molar-refractivity contribution in [3.05, 3.63) is 213 Å². The lowest BCUT2D eigenvalue weighted by molar-refractivity contribution is 1.18. The number of aromatic nitrogens is 5. The topological polar surface area (TPSA) is 64.5 Å². The highest BCUT2D eigenvalue weighted by Crippen LogP contribution is 2.33. The van der Waals surface area contributed by atoms with Crippen LogP contribution in [0, 0.1) is 0 Å². The third kappa shape index (κ3) is 7.16. The predicted molar refractivity (Wildman–Crippen MR) is 236 cm³/mol. The van der Waals surface area contributed by atoms with Gasteiger partial charge in [-0.05, 0) is 63.5 Å². The number of benzene rings is 6. The van der Waals surface area contributed by atoms with Crippen LogP contribution in [0.25, 0.3) is 101 Å².